The van der Waals surface area contributed by atoms with Gasteiger partial charge >= 0.3 is 0 Å². The van der Waals surface area contributed by atoms with E-state index >= 15 is 0 Å². The molecule has 6 fully saturated rings. The molecule has 39 heteroatoms. The van der Waals surface area contributed by atoms with E-state index in [1.54, 1.807) is 41.5 Å². The van der Waals surface area contributed by atoms with Gasteiger partial charge in [-0.25, -0.2) is 0 Å². The van der Waals surface area contributed by atoms with Crippen molar-refractivity contribution in [1.82, 2.24) is 0 Å². The Kier molecular flexibility index (Phi) is 58.2. The zero-order valence-corrected chi connectivity index (χ0v) is 80.9. The highest BCUT2D eigenvalue weighted by molar-refractivity contribution is 5.81. The highest BCUT2D eigenvalue weighted by Crippen LogP contribution is 2.43. The molecular weight excluding hydrogens is 1770 g/mol. The Morgan fingerprint density at radius 2 is 0.440 bits per heavy atom. The molecule has 6 rings (SSSR count). The maximum atomic E-state index is 13.3. The maximum absolute atomic E-state index is 13.3. The molecule has 0 amide bonds. The first-order valence-corrected chi connectivity index (χ1v) is 49.0. The summed E-state index contributed by atoms with van der Waals surface area (Å²) in [5.41, 5.74) is -1.10. The van der Waals surface area contributed by atoms with Crippen LogP contribution in [0.3, 0.4) is 0 Å². The number of ether oxygens (including phenoxy) is 15. The third-order valence-corrected chi connectivity index (χ3v) is 26.8. The molecule has 12 unspecified atom stereocenters. The molecule has 30 atom stereocenters. The van der Waals surface area contributed by atoms with Crippen molar-refractivity contribution in [1.29, 1.82) is 0 Å². The SMILES string of the molecule is CC(C)CC(CCC(=O)CCCCO[C@@H]1OC(CO)[C@H](O)[C@H](O)C1C)(CCC(=O)CCCCO[C@@H]1OC(CO)[C@H](O)[C@H](O)C1C)CCC(=O)CCCCO[C@@H]1OC(CO)[C@H](O)[C@H](O)C1C.CC(C)CC(CCOCC(=O)CCCCO[C@@H]1OC(CO)[C@H](O)[C@H](O)C1C)(COCC(=O)CCCCO[C@@H]1OC(CO)[C@H](O)[C@H](O)C1C)COCC(=O)CCCCO[C@@H]1OC(CO)[C@H](O)[C@H](O)C1C. The molecule has 0 aromatic carbocycles. The number of aliphatic hydroxyl groups is 18. The molecule has 0 aliphatic carbocycles. The third-order valence-electron chi connectivity index (χ3n) is 26.8. The molecule has 6 heterocycles. The number of unbranched alkanes of at least 4 members (excludes halogenated alkanes) is 6. The fourth-order valence-electron chi connectivity index (χ4n) is 18.1. The van der Waals surface area contributed by atoms with Gasteiger partial charge in [-0.3, -0.25) is 28.8 Å². The summed E-state index contributed by atoms with van der Waals surface area (Å²) < 4.78 is 86.3. The molecule has 0 aromatic rings. The highest BCUT2D eigenvalue weighted by atomic mass is 16.7. The van der Waals surface area contributed by atoms with Crippen molar-refractivity contribution in [3.8, 4) is 0 Å². The lowest BCUT2D eigenvalue weighted by molar-refractivity contribution is -0.282. The summed E-state index contributed by atoms with van der Waals surface area (Å²) in [4.78, 5) is 78.7. The van der Waals surface area contributed by atoms with E-state index in [-0.39, 0.29) is 145 Å². The van der Waals surface area contributed by atoms with Gasteiger partial charge in [0.2, 0.25) is 0 Å². The van der Waals surface area contributed by atoms with Crippen LogP contribution in [-0.2, 0) is 99.8 Å². The van der Waals surface area contributed by atoms with Crippen LogP contribution < -0.4 is 0 Å². The lowest BCUT2D eigenvalue weighted by Gasteiger charge is -2.40. The van der Waals surface area contributed by atoms with Crippen molar-refractivity contribution in [3.63, 3.8) is 0 Å². The van der Waals surface area contributed by atoms with E-state index in [4.69, 9.17) is 71.1 Å². The van der Waals surface area contributed by atoms with Crippen LogP contribution >= 0.6 is 0 Å². The van der Waals surface area contributed by atoms with E-state index in [1.165, 1.54) is 0 Å². The minimum Gasteiger partial charge on any atom is -0.394 e. The third kappa shape index (κ3) is 40.8. The number of hydrogen-bond donors (Lipinski definition) is 18. The second-order valence-electron chi connectivity index (χ2n) is 39.1. The monoisotopic (exact) mass is 1940 g/mol. The fraction of sp³-hybridized carbons (Fsp3) is 0.937. The Morgan fingerprint density at radius 1 is 0.246 bits per heavy atom. The van der Waals surface area contributed by atoms with E-state index < -0.39 is 234 Å². The summed E-state index contributed by atoms with van der Waals surface area (Å²) in [5, 5.41) is 179. The van der Waals surface area contributed by atoms with Crippen LogP contribution in [-0.4, -0.2) is 393 Å². The van der Waals surface area contributed by atoms with E-state index in [0.29, 0.717) is 148 Å². The van der Waals surface area contributed by atoms with Crippen molar-refractivity contribution >= 4 is 34.7 Å². The first-order chi connectivity index (χ1) is 63.8. The Morgan fingerprint density at radius 3 is 0.642 bits per heavy atom. The molecule has 784 valence electrons. The van der Waals surface area contributed by atoms with Gasteiger partial charge in [-0.1, -0.05) is 69.2 Å². The number of aliphatic hydroxyl groups excluding tert-OH is 18. The standard InChI is InChI=1S/C48H86O21.C47H84O18/c1-29(2)20-48(27-62-25-34(53)13-7-10-17-65-46-31(4)40(56)43(59)37(22-50)68-46,28-63-26-35(54)14-8-11-18-66-47-32(5)41(57)44(60)38(23-51)69-47)15-19-61-24-33(52)12-6-9-16-64-45-30(3)39(55)42(58)36(21-49)67-45;1-28(2)24-47(18-15-32(51)12-6-9-21-60-44-29(3)38(54)41(57)35(25-48)63-44,19-16-33(52)13-7-10-22-61-45-30(4)39(55)42(58)36(26-49)64-45)20-17-34(53)14-8-11-23-62-46-31(5)40(56)43(59)37(27-50)65-46/h29-32,36-47,49-51,55-60H,6-28H2,1-5H3;28-31,35-46,48-50,54-59H,6-27H2,1-5H3/t30?,31?,32?,36?,37?,38?,39-,40-,41-,42+,43+,44+,45-,46-,47-,48?;29?,30?,31?,35?,36?,37?,38-,39-,40-,41+,42+,43+,44-,45-,46-,47?/m11/s1. The molecule has 39 nitrogen and oxygen atoms in total. The van der Waals surface area contributed by atoms with E-state index in [9.17, 15) is 121 Å². The lowest BCUT2D eigenvalue weighted by atomic mass is 9.69. The van der Waals surface area contributed by atoms with E-state index in [2.05, 4.69) is 13.8 Å². The summed E-state index contributed by atoms with van der Waals surface area (Å²) in [6, 6.07) is 0. The summed E-state index contributed by atoms with van der Waals surface area (Å²) in [7, 11) is 0. The Hall–Kier alpha value is -3.30. The van der Waals surface area contributed by atoms with Gasteiger partial charge in [0.25, 0.3) is 0 Å². The van der Waals surface area contributed by atoms with Gasteiger partial charge in [0, 0.05) is 145 Å². The van der Waals surface area contributed by atoms with Crippen molar-refractivity contribution in [3.05, 3.63) is 0 Å². The molecule has 6 saturated heterocycles. The van der Waals surface area contributed by atoms with Crippen LogP contribution in [0.1, 0.15) is 243 Å². The largest absolute Gasteiger partial charge is 0.394 e. The van der Waals surface area contributed by atoms with Gasteiger partial charge in [-0.2, -0.15) is 0 Å². The number of carbonyl (C=O) groups excluding carboxylic acids is 6. The summed E-state index contributed by atoms with van der Waals surface area (Å²) in [6.07, 6.45) is -12.3. The Labute approximate surface area is 790 Å². The molecule has 0 saturated carbocycles. The second-order valence-corrected chi connectivity index (χ2v) is 39.1. The maximum Gasteiger partial charge on any atom is 0.163 e. The number of rotatable bonds is 68. The molecule has 134 heavy (non-hydrogen) atoms. The van der Waals surface area contributed by atoms with E-state index in [0.717, 1.165) is 6.42 Å². The lowest BCUT2D eigenvalue weighted by Crippen LogP contribution is -2.55. The van der Waals surface area contributed by atoms with Crippen molar-refractivity contribution < 1.29 is 192 Å². The predicted octanol–water partition coefficient (Wildman–Crippen LogP) is 1.80. The number of ketones is 6. The first kappa shape index (κ1) is 121. The molecule has 0 radical (unpaired) electrons. The van der Waals surface area contributed by atoms with Crippen LogP contribution in [0, 0.1) is 58.2 Å². The summed E-state index contributed by atoms with van der Waals surface area (Å²) >= 11 is 0. The smallest absolute Gasteiger partial charge is 0.163 e. The zero-order valence-electron chi connectivity index (χ0n) is 80.9. The zero-order chi connectivity index (χ0) is 99.4. The minimum atomic E-state index is -1.22. The normalized spacial score (nSPS) is 33.4. The van der Waals surface area contributed by atoms with Gasteiger partial charge in [0.15, 0.2) is 55.1 Å². The quantitative estimate of drug-likeness (QED) is 0.0386. The van der Waals surface area contributed by atoms with Gasteiger partial charge in [-0.15, -0.1) is 0 Å². The van der Waals surface area contributed by atoms with Gasteiger partial charge in [0.05, 0.1) is 89.5 Å². The van der Waals surface area contributed by atoms with Crippen LogP contribution in [0.25, 0.3) is 0 Å². The average molecular weight is 1940 g/mol. The van der Waals surface area contributed by atoms with Crippen LogP contribution in [0.5, 0.6) is 0 Å². The van der Waals surface area contributed by atoms with Crippen molar-refractivity contribution in [2.24, 2.45) is 58.2 Å². The van der Waals surface area contributed by atoms with Gasteiger partial charge in [0.1, 0.15) is 110 Å². The molecule has 6 aliphatic heterocycles. The molecular formula is C95H170O39. The van der Waals surface area contributed by atoms with Crippen molar-refractivity contribution in [2.75, 3.05) is 119 Å². The average Bonchev–Trinajstić information content (AvgIpc) is 0.823. The predicted molar refractivity (Wildman–Crippen MR) is 479 cm³/mol. The Balaban J connectivity index is 0.000000475. The highest BCUT2D eigenvalue weighted by Gasteiger charge is 2.49. The second kappa shape index (κ2) is 64.4. The van der Waals surface area contributed by atoms with Gasteiger partial charge in [-0.05, 0) is 133 Å². The first-order valence-electron chi connectivity index (χ1n) is 49.0. The minimum absolute atomic E-state index is 0.0733. The van der Waals surface area contributed by atoms with Gasteiger partial charge < -0.3 is 163 Å². The van der Waals surface area contributed by atoms with Crippen LogP contribution in [0.15, 0.2) is 0 Å². The molecule has 0 aromatic heterocycles. The number of Topliss-reactive ketones (excluding diaryl/α,β-unsaturated/α-hetero) is 6. The Bertz CT molecular complexity index is 2990. The van der Waals surface area contributed by atoms with Crippen molar-refractivity contribution in [2.45, 2.75) is 390 Å². The topological polar surface area (TPSA) is 605 Å². The fourth-order valence-corrected chi connectivity index (χ4v) is 18.1. The molecule has 0 bridgehead atoms. The number of carbonyl (C=O) groups is 6. The van der Waals surface area contributed by atoms with Crippen LogP contribution in [0.2, 0.25) is 0 Å². The molecule has 18 N–H and O–H groups in total. The summed E-state index contributed by atoms with van der Waals surface area (Å²) in [6.45, 7) is 17.1. The van der Waals surface area contributed by atoms with E-state index in [1.807, 2.05) is 13.8 Å². The van der Waals surface area contributed by atoms with Crippen LogP contribution in [0.4, 0.5) is 0 Å². The number of hydrogen-bond acceptors (Lipinski definition) is 39. The molecule has 6 aliphatic rings. The molecule has 0 spiro atoms. The summed E-state index contributed by atoms with van der Waals surface area (Å²) in [5.74, 6) is -2.83.